The molecule has 0 bridgehead atoms. The van der Waals surface area contributed by atoms with Crippen molar-refractivity contribution in [2.45, 2.75) is 43.7 Å². The Morgan fingerprint density at radius 3 is 2.27 bits per heavy atom. The van der Waals surface area contributed by atoms with Gasteiger partial charge < -0.3 is 20.1 Å². The van der Waals surface area contributed by atoms with Crippen LogP contribution < -0.4 is 5.32 Å². The SMILES string of the molecule is C[C@@H](CC(=O)N1CC(F)(F)C[C@@H]1C(=O)O)NC(=O)OCC1c2ccccc2-c2ccccc21. The smallest absolute Gasteiger partial charge is 0.407 e. The average Bonchev–Trinajstić information content (AvgIpc) is 3.26. The van der Waals surface area contributed by atoms with Crippen molar-refractivity contribution in [3.05, 3.63) is 59.7 Å². The summed E-state index contributed by atoms with van der Waals surface area (Å²) in [5, 5.41) is 11.7. The Kier molecular flexibility index (Phi) is 6.05. The van der Waals surface area contributed by atoms with E-state index in [1.165, 1.54) is 6.92 Å². The van der Waals surface area contributed by atoms with Gasteiger partial charge in [-0.05, 0) is 29.2 Å². The fraction of sp³-hybridized carbons (Fsp3) is 0.375. The van der Waals surface area contributed by atoms with Crippen LogP contribution in [0.15, 0.2) is 48.5 Å². The van der Waals surface area contributed by atoms with Crippen molar-refractivity contribution in [1.82, 2.24) is 10.2 Å². The second-order valence-electron chi connectivity index (χ2n) is 8.51. The molecule has 0 spiro atoms. The highest BCUT2D eigenvalue weighted by atomic mass is 19.3. The van der Waals surface area contributed by atoms with E-state index in [1.807, 2.05) is 48.5 Å². The van der Waals surface area contributed by atoms with E-state index in [4.69, 9.17) is 9.84 Å². The maximum absolute atomic E-state index is 13.6. The van der Waals surface area contributed by atoms with Crippen LogP contribution in [0.2, 0.25) is 0 Å². The maximum atomic E-state index is 13.6. The molecule has 2 aromatic rings. The molecule has 2 amide bonds. The zero-order valence-corrected chi connectivity index (χ0v) is 18.0. The van der Waals surface area contributed by atoms with E-state index in [0.717, 1.165) is 22.3 Å². The number of alkyl halides is 2. The summed E-state index contributed by atoms with van der Waals surface area (Å²) < 4.78 is 32.7. The van der Waals surface area contributed by atoms with E-state index in [9.17, 15) is 23.2 Å². The third-order valence-corrected chi connectivity index (χ3v) is 6.06. The minimum atomic E-state index is -3.25. The molecular weight excluding hydrogens is 434 g/mol. The Balaban J connectivity index is 1.33. The van der Waals surface area contributed by atoms with Gasteiger partial charge in [0.05, 0.1) is 6.54 Å². The predicted octanol–water partition coefficient (Wildman–Crippen LogP) is 3.62. The number of carbonyl (C=O) groups excluding carboxylic acids is 2. The van der Waals surface area contributed by atoms with Gasteiger partial charge in [0, 0.05) is 24.8 Å². The Morgan fingerprint density at radius 2 is 1.70 bits per heavy atom. The summed E-state index contributed by atoms with van der Waals surface area (Å²) in [6.45, 7) is 0.684. The maximum Gasteiger partial charge on any atom is 0.407 e. The van der Waals surface area contributed by atoms with Gasteiger partial charge in [0.15, 0.2) is 0 Å². The number of carbonyl (C=O) groups is 3. The number of fused-ring (bicyclic) bond motifs is 3. The molecular formula is C24H24F2N2O5. The van der Waals surface area contributed by atoms with Crippen LogP contribution in [0.3, 0.4) is 0 Å². The van der Waals surface area contributed by atoms with Crippen LogP contribution >= 0.6 is 0 Å². The zero-order valence-electron chi connectivity index (χ0n) is 18.0. The molecule has 0 saturated carbocycles. The molecule has 1 heterocycles. The van der Waals surface area contributed by atoms with Crippen LogP contribution in [-0.4, -0.2) is 59.1 Å². The molecule has 174 valence electrons. The number of alkyl carbamates (subject to hydrolysis) is 1. The predicted molar refractivity (Wildman–Crippen MR) is 115 cm³/mol. The Labute approximate surface area is 189 Å². The number of amides is 2. The summed E-state index contributed by atoms with van der Waals surface area (Å²) in [5.41, 5.74) is 4.31. The van der Waals surface area contributed by atoms with Crippen molar-refractivity contribution in [2.24, 2.45) is 0 Å². The summed E-state index contributed by atoms with van der Waals surface area (Å²) >= 11 is 0. The summed E-state index contributed by atoms with van der Waals surface area (Å²) in [5.74, 6) is -5.60. The summed E-state index contributed by atoms with van der Waals surface area (Å²) in [4.78, 5) is 36.7. The Hall–Kier alpha value is -3.49. The number of benzene rings is 2. The first-order valence-electron chi connectivity index (χ1n) is 10.7. The molecule has 1 aliphatic heterocycles. The van der Waals surface area contributed by atoms with Gasteiger partial charge in [-0.3, -0.25) is 4.79 Å². The van der Waals surface area contributed by atoms with E-state index in [2.05, 4.69) is 5.32 Å². The minimum absolute atomic E-state index is 0.0972. The fourth-order valence-corrected chi connectivity index (χ4v) is 4.57. The van der Waals surface area contributed by atoms with Crippen molar-refractivity contribution in [1.29, 1.82) is 0 Å². The standard InChI is InChI=1S/C24H24F2N2O5/c1-14(10-21(29)28-13-24(25,26)11-20(28)22(30)31)27-23(32)33-12-19-17-8-4-2-6-15(17)16-7-3-5-9-18(16)19/h2-9,14,19-20H,10-13H2,1H3,(H,27,32)(H,30,31)/t14-,20+/m0/s1. The van der Waals surface area contributed by atoms with Crippen LogP contribution in [0, 0.1) is 0 Å². The molecule has 4 rings (SSSR count). The molecule has 0 aromatic heterocycles. The molecule has 9 heteroatoms. The molecule has 0 unspecified atom stereocenters. The molecule has 1 fully saturated rings. The van der Waals surface area contributed by atoms with E-state index < -0.39 is 48.9 Å². The molecule has 2 N–H and O–H groups in total. The van der Waals surface area contributed by atoms with Crippen molar-refractivity contribution in [2.75, 3.05) is 13.2 Å². The second kappa shape index (κ2) is 8.80. The summed E-state index contributed by atoms with van der Waals surface area (Å²) in [6, 6.07) is 13.5. The second-order valence-corrected chi connectivity index (χ2v) is 8.51. The van der Waals surface area contributed by atoms with E-state index in [-0.39, 0.29) is 18.9 Å². The molecule has 0 radical (unpaired) electrons. The van der Waals surface area contributed by atoms with Crippen molar-refractivity contribution in [3.63, 3.8) is 0 Å². The van der Waals surface area contributed by atoms with Gasteiger partial charge >= 0.3 is 12.1 Å². The lowest BCUT2D eigenvalue weighted by molar-refractivity contribution is -0.148. The van der Waals surface area contributed by atoms with E-state index in [1.54, 1.807) is 0 Å². The van der Waals surface area contributed by atoms with Crippen molar-refractivity contribution >= 4 is 18.0 Å². The molecule has 1 saturated heterocycles. The van der Waals surface area contributed by atoms with Gasteiger partial charge in [-0.15, -0.1) is 0 Å². The Morgan fingerprint density at radius 1 is 1.12 bits per heavy atom. The normalized spacial score (nSPS) is 19.5. The lowest BCUT2D eigenvalue weighted by atomic mass is 9.98. The lowest BCUT2D eigenvalue weighted by Crippen LogP contribution is -2.44. The van der Waals surface area contributed by atoms with Crippen LogP contribution in [0.25, 0.3) is 11.1 Å². The summed E-state index contributed by atoms with van der Waals surface area (Å²) in [6.07, 6.45) is -1.97. The number of rotatable bonds is 6. The van der Waals surface area contributed by atoms with Gasteiger partial charge in [0.2, 0.25) is 5.91 Å². The third kappa shape index (κ3) is 4.67. The molecule has 2 aromatic carbocycles. The topological polar surface area (TPSA) is 95.9 Å². The average molecular weight is 458 g/mol. The van der Waals surface area contributed by atoms with Crippen LogP contribution in [0.1, 0.15) is 36.8 Å². The first-order valence-corrected chi connectivity index (χ1v) is 10.7. The molecule has 2 atom stereocenters. The van der Waals surface area contributed by atoms with Crippen molar-refractivity contribution < 1.29 is 33.0 Å². The molecule has 7 nitrogen and oxygen atoms in total. The number of carboxylic acid groups (broad SMARTS) is 1. The number of aliphatic carboxylic acids is 1. The van der Waals surface area contributed by atoms with Gasteiger partial charge in [-0.25, -0.2) is 18.4 Å². The quantitative estimate of drug-likeness (QED) is 0.689. The largest absolute Gasteiger partial charge is 0.480 e. The fourth-order valence-electron chi connectivity index (χ4n) is 4.57. The number of ether oxygens (including phenoxy) is 1. The van der Waals surface area contributed by atoms with Crippen molar-refractivity contribution in [3.8, 4) is 11.1 Å². The van der Waals surface area contributed by atoms with E-state index >= 15 is 0 Å². The van der Waals surface area contributed by atoms with Gasteiger partial charge in [-0.1, -0.05) is 48.5 Å². The highest BCUT2D eigenvalue weighted by Gasteiger charge is 2.50. The van der Waals surface area contributed by atoms with Gasteiger partial charge in [-0.2, -0.15) is 0 Å². The number of hydrogen-bond donors (Lipinski definition) is 2. The number of halogens is 2. The summed E-state index contributed by atoms with van der Waals surface area (Å²) in [7, 11) is 0. The first kappa shape index (κ1) is 22.7. The molecule has 1 aliphatic carbocycles. The highest BCUT2D eigenvalue weighted by Crippen LogP contribution is 2.44. The lowest BCUT2D eigenvalue weighted by Gasteiger charge is -2.23. The monoisotopic (exact) mass is 458 g/mol. The number of nitrogens with zero attached hydrogens (tertiary/aromatic N) is 1. The van der Waals surface area contributed by atoms with Crippen LogP contribution in [-0.2, 0) is 14.3 Å². The Bertz CT molecular complexity index is 1040. The van der Waals surface area contributed by atoms with Crippen LogP contribution in [0.4, 0.5) is 13.6 Å². The zero-order chi connectivity index (χ0) is 23.8. The van der Waals surface area contributed by atoms with E-state index in [0.29, 0.717) is 4.90 Å². The highest BCUT2D eigenvalue weighted by molar-refractivity contribution is 5.85. The number of hydrogen-bond acceptors (Lipinski definition) is 4. The molecule has 33 heavy (non-hydrogen) atoms. The minimum Gasteiger partial charge on any atom is -0.480 e. The van der Waals surface area contributed by atoms with Crippen LogP contribution in [0.5, 0.6) is 0 Å². The third-order valence-electron chi connectivity index (χ3n) is 6.06. The number of nitrogens with one attached hydrogen (secondary N) is 1. The molecule has 2 aliphatic rings. The number of carboxylic acids is 1. The van der Waals surface area contributed by atoms with Gasteiger partial charge in [0.25, 0.3) is 5.92 Å². The first-order chi connectivity index (χ1) is 15.7. The number of likely N-dealkylation sites (tertiary alicyclic amines) is 1. The van der Waals surface area contributed by atoms with Gasteiger partial charge in [0.1, 0.15) is 12.6 Å².